The molecule has 0 amide bonds. The second-order valence-electron chi connectivity index (χ2n) is 9.75. The fourth-order valence-electron chi connectivity index (χ4n) is 4.98. The van der Waals surface area contributed by atoms with Crippen molar-refractivity contribution in [2.75, 3.05) is 7.11 Å². The molecule has 0 atom stereocenters. The van der Waals surface area contributed by atoms with Gasteiger partial charge in [-0.1, -0.05) is 32.8 Å². The fourth-order valence-corrected chi connectivity index (χ4v) is 4.98. The molecule has 176 valence electrons. The lowest BCUT2D eigenvalue weighted by atomic mass is 10.2. The highest BCUT2D eigenvalue weighted by molar-refractivity contribution is 5.69. The van der Waals surface area contributed by atoms with Crippen molar-refractivity contribution in [3.05, 3.63) is 41.4 Å². The highest BCUT2D eigenvalue weighted by Crippen LogP contribution is 2.33. The number of nitrogens with one attached hydrogen (secondary N) is 1. The van der Waals surface area contributed by atoms with Crippen LogP contribution < -0.4 is 15.0 Å². The number of aromatic amines is 1. The summed E-state index contributed by atoms with van der Waals surface area (Å²) in [7, 11) is 1.70. The summed E-state index contributed by atoms with van der Waals surface area (Å²) in [5.74, 6) is 2.88. The number of benzene rings is 1. The van der Waals surface area contributed by atoms with Crippen LogP contribution in [0.3, 0.4) is 0 Å². The lowest BCUT2D eigenvalue weighted by Gasteiger charge is -2.17. The zero-order valence-electron chi connectivity index (χ0n) is 20.0. The van der Waals surface area contributed by atoms with Gasteiger partial charge in [0.15, 0.2) is 22.6 Å². The fraction of sp³-hybridized carbons (Fsp3) is 0.577. The van der Waals surface area contributed by atoms with Crippen molar-refractivity contribution in [3.63, 3.8) is 0 Å². The number of aromatic nitrogens is 4. The molecule has 3 aromatic rings. The van der Waals surface area contributed by atoms with Crippen LogP contribution in [-0.2, 0) is 6.54 Å². The zero-order chi connectivity index (χ0) is 22.8. The summed E-state index contributed by atoms with van der Waals surface area (Å²) in [6, 6.07) is 6.56. The molecule has 2 aliphatic rings. The summed E-state index contributed by atoms with van der Waals surface area (Å²) >= 11 is 0. The number of ether oxygens (including phenoxy) is 2. The molecule has 1 N–H and O–H groups in total. The van der Waals surface area contributed by atoms with Crippen molar-refractivity contribution in [2.24, 2.45) is 4.99 Å². The van der Waals surface area contributed by atoms with Gasteiger partial charge in [0, 0.05) is 5.92 Å². The number of methoxy groups -OCH3 is 1. The normalized spacial score (nSPS) is 18.1. The molecule has 7 heteroatoms. The number of H-pyrrole nitrogens is 1. The molecule has 1 aromatic carbocycles. The topological polar surface area (TPSA) is 77.3 Å². The standard InChI is InChI=1S/C26H35N5O2/c1-17(2)24-29-23-25(28-19-8-4-5-9-19)27-16-31(26(23)30-24)15-18-12-13-21(32-3)22(14-18)33-20-10-6-7-11-20/h12-14,16-17,19-20H,4-11,15H2,1-3H3,(H,29,30). The molecule has 7 nitrogen and oxygen atoms in total. The van der Waals surface area contributed by atoms with Gasteiger partial charge in [0.25, 0.3) is 0 Å². The van der Waals surface area contributed by atoms with E-state index in [-0.39, 0.29) is 6.10 Å². The van der Waals surface area contributed by atoms with Crippen LogP contribution in [0.15, 0.2) is 29.5 Å². The van der Waals surface area contributed by atoms with Gasteiger partial charge in [-0.2, -0.15) is 0 Å². The predicted octanol–water partition coefficient (Wildman–Crippen LogP) is 5.10. The van der Waals surface area contributed by atoms with E-state index in [1.54, 1.807) is 7.11 Å². The van der Waals surface area contributed by atoms with Crippen LogP contribution in [0.25, 0.3) is 11.2 Å². The Morgan fingerprint density at radius 3 is 2.58 bits per heavy atom. The Hall–Kier alpha value is -2.83. The first kappa shape index (κ1) is 22.0. The minimum Gasteiger partial charge on any atom is -0.493 e. The molecule has 2 aromatic heterocycles. The van der Waals surface area contributed by atoms with Gasteiger partial charge in [-0.05, 0) is 56.2 Å². The molecule has 0 saturated heterocycles. The third kappa shape index (κ3) is 4.77. The third-order valence-electron chi connectivity index (χ3n) is 6.87. The van der Waals surface area contributed by atoms with Crippen LogP contribution in [0.2, 0.25) is 0 Å². The Kier molecular flexibility index (Phi) is 6.38. The third-order valence-corrected chi connectivity index (χ3v) is 6.87. The Labute approximate surface area is 195 Å². The predicted molar refractivity (Wildman–Crippen MR) is 129 cm³/mol. The number of nitrogens with zero attached hydrogens (tertiary/aromatic N) is 4. The van der Waals surface area contributed by atoms with E-state index in [4.69, 9.17) is 24.4 Å². The summed E-state index contributed by atoms with van der Waals surface area (Å²) in [6.07, 6.45) is 11.7. The average molecular weight is 450 g/mol. The number of fused-ring (bicyclic) bond motifs is 1. The summed E-state index contributed by atoms with van der Waals surface area (Å²) in [5, 5.41) is 0. The highest BCUT2D eigenvalue weighted by atomic mass is 16.5. The van der Waals surface area contributed by atoms with Crippen molar-refractivity contribution < 1.29 is 9.47 Å². The minimum atomic E-state index is 0.284. The minimum absolute atomic E-state index is 0.284. The Morgan fingerprint density at radius 1 is 1.09 bits per heavy atom. The van der Waals surface area contributed by atoms with Crippen molar-refractivity contribution >= 4 is 11.2 Å². The molecule has 0 spiro atoms. The number of rotatable bonds is 7. The second kappa shape index (κ2) is 9.57. The van der Waals surface area contributed by atoms with Gasteiger partial charge in [0.2, 0.25) is 0 Å². The summed E-state index contributed by atoms with van der Waals surface area (Å²) in [4.78, 5) is 18.2. The SMILES string of the molecule is COc1ccc(Cn2cnc(=NC3CCCC3)c3[nH]c(C(C)C)nc32)cc1OC1CCCC1. The van der Waals surface area contributed by atoms with Crippen LogP contribution in [0.1, 0.15) is 82.5 Å². The van der Waals surface area contributed by atoms with Gasteiger partial charge in [0.1, 0.15) is 11.3 Å². The maximum atomic E-state index is 6.31. The van der Waals surface area contributed by atoms with Crippen LogP contribution in [0, 0.1) is 0 Å². The van der Waals surface area contributed by atoms with Crippen molar-refractivity contribution in [3.8, 4) is 11.5 Å². The molecule has 0 aliphatic heterocycles. The molecular formula is C26H35N5O2. The molecule has 33 heavy (non-hydrogen) atoms. The number of hydrogen-bond donors (Lipinski definition) is 1. The monoisotopic (exact) mass is 449 g/mol. The molecule has 0 bridgehead atoms. The maximum absolute atomic E-state index is 6.31. The van der Waals surface area contributed by atoms with Gasteiger partial charge in [-0.25, -0.2) is 9.97 Å². The van der Waals surface area contributed by atoms with Crippen LogP contribution in [-0.4, -0.2) is 38.8 Å². The second-order valence-corrected chi connectivity index (χ2v) is 9.75. The molecule has 2 fully saturated rings. The lowest BCUT2D eigenvalue weighted by Crippen LogP contribution is -2.17. The summed E-state index contributed by atoms with van der Waals surface area (Å²) < 4.78 is 14.0. The smallest absolute Gasteiger partial charge is 0.176 e. The Bertz CT molecular complexity index is 1170. The number of hydrogen-bond acceptors (Lipinski definition) is 5. The lowest BCUT2D eigenvalue weighted by molar-refractivity contribution is 0.200. The molecule has 5 rings (SSSR count). The van der Waals surface area contributed by atoms with E-state index in [0.717, 1.165) is 65.2 Å². The largest absolute Gasteiger partial charge is 0.493 e. The molecular weight excluding hydrogens is 414 g/mol. The molecule has 2 aliphatic carbocycles. The molecule has 2 heterocycles. The van der Waals surface area contributed by atoms with Crippen molar-refractivity contribution in [1.82, 2.24) is 19.5 Å². The van der Waals surface area contributed by atoms with Crippen LogP contribution in [0.4, 0.5) is 0 Å². The van der Waals surface area contributed by atoms with E-state index >= 15 is 0 Å². The highest BCUT2D eigenvalue weighted by Gasteiger charge is 2.20. The average Bonchev–Trinajstić information content (AvgIpc) is 3.58. The van der Waals surface area contributed by atoms with E-state index in [1.165, 1.54) is 25.7 Å². The number of imidazole rings is 1. The first-order valence-corrected chi connectivity index (χ1v) is 12.4. The zero-order valence-corrected chi connectivity index (χ0v) is 20.0. The first-order valence-electron chi connectivity index (χ1n) is 12.4. The van der Waals surface area contributed by atoms with Crippen LogP contribution >= 0.6 is 0 Å². The van der Waals surface area contributed by atoms with E-state index < -0.39 is 0 Å². The maximum Gasteiger partial charge on any atom is 0.176 e. The summed E-state index contributed by atoms with van der Waals surface area (Å²) in [5.41, 5.74) is 3.75. The van der Waals surface area contributed by atoms with Crippen molar-refractivity contribution in [2.45, 2.75) is 89.8 Å². The van der Waals surface area contributed by atoms with Gasteiger partial charge < -0.3 is 19.0 Å². The van der Waals surface area contributed by atoms with E-state index in [0.29, 0.717) is 18.5 Å². The van der Waals surface area contributed by atoms with Gasteiger partial charge in [-0.3, -0.25) is 4.99 Å². The van der Waals surface area contributed by atoms with E-state index in [1.807, 2.05) is 12.4 Å². The van der Waals surface area contributed by atoms with E-state index in [2.05, 4.69) is 35.5 Å². The Balaban J connectivity index is 1.49. The van der Waals surface area contributed by atoms with Crippen LogP contribution in [0.5, 0.6) is 11.5 Å². The summed E-state index contributed by atoms with van der Waals surface area (Å²) in [6.45, 7) is 4.96. The quantitative estimate of drug-likeness (QED) is 0.544. The van der Waals surface area contributed by atoms with Crippen molar-refractivity contribution in [1.29, 1.82) is 0 Å². The van der Waals surface area contributed by atoms with Gasteiger partial charge >= 0.3 is 0 Å². The van der Waals surface area contributed by atoms with Gasteiger partial charge in [-0.15, -0.1) is 0 Å². The Morgan fingerprint density at radius 2 is 1.85 bits per heavy atom. The molecule has 2 saturated carbocycles. The molecule has 0 radical (unpaired) electrons. The van der Waals surface area contributed by atoms with Gasteiger partial charge in [0.05, 0.1) is 32.1 Å². The molecule has 0 unspecified atom stereocenters. The van der Waals surface area contributed by atoms with E-state index in [9.17, 15) is 0 Å². The first-order chi connectivity index (χ1) is 16.1.